The zero-order valence-corrected chi connectivity index (χ0v) is 17.1. The van der Waals surface area contributed by atoms with E-state index in [0.717, 1.165) is 62.0 Å². The molecule has 1 amide bonds. The van der Waals surface area contributed by atoms with Gasteiger partial charge in [0.05, 0.1) is 12.0 Å². The lowest BCUT2D eigenvalue weighted by atomic mass is 9.80. The highest BCUT2D eigenvalue weighted by atomic mass is 32.1. The Morgan fingerprint density at radius 2 is 2.11 bits per heavy atom. The number of carbonyl (C=O) groups is 1. The maximum Gasteiger partial charge on any atom is 0.226 e. The standard InChI is InChI=1S/C20H26N6OS/c1-24-12-21-16-15(24)7-9-26(18(27)14-3-2-4-14)20(16)8-10-25(11-20)19-22-17(23-28-19)13-5-6-13/h12-14H,2-11H2,1H3. The molecule has 2 aliphatic heterocycles. The summed E-state index contributed by atoms with van der Waals surface area (Å²) in [6.07, 6.45) is 9.47. The van der Waals surface area contributed by atoms with Gasteiger partial charge < -0.3 is 14.4 Å². The summed E-state index contributed by atoms with van der Waals surface area (Å²) in [5.41, 5.74) is 2.09. The molecule has 7 nitrogen and oxygen atoms in total. The molecular formula is C20H26N6OS. The van der Waals surface area contributed by atoms with Crippen LogP contribution >= 0.6 is 11.5 Å². The second-order valence-corrected chi connectivity index (χ2v) is 9.66. The number of hydrogen-bond donors (Lipinski definition) is 0. The summed E-state index contributed by atoms with van der Waals surface area (Å²) in [5.74, 6) is 2.17. The van der Waals surface area contributed by atoms with E-state index in [1.807, 2.05) is 6.33 Å². The Hall–Kier alpha value is -1.96. The van der Waals surface area contributed by atoms with Gasteiger partial charge in [-0.1, -0.05) is 6.42 Å². The average Bonchev–Trinajstić information content (AvgIpc) is 3.05. The molecule has 0 bridgehead atoms. The fourth-order valence-corrected chi connectivity index (χ4v) is 5.90. The van der Waals surface area contributed by atoms with Gasteiger partial charge >= 0.3 is 0 Å². The van der Waals surface area contributed by atoms with Crippen LogP contribution in [-0.2, 0) is 23.8 Å². The fraction of sp³-hybridized carbons (Fsp3) is 0.700. The number of hydrogen-bond acceptors (Lipinski definition) is 6. The minimum atomic E-state index is -0.313. The van der Waals surface area contributed by atoms with Crippen molar-refractivity contribution in [1.82, 2.24) is 23.8 Å². The van der Waals surface area contributed by atoms with Gasteiger partial charge in [-0.15, -0.1) is 0 Å². The van der Waals surface area contributed by atoms with Crippen molar-refractivity contribution in [3.05, 3.63) is 23.5 Å². The topological polar surface area (TPSA) is 67.2 Å². The number of aromatic nitrogens is 4. The van der Waals surface area contributed by atoms with Crippen LogP contribution in [-0.4, -0.2) is 49.3 Å². The Labute approximate surface area is 168 Å². The van der Waals surface area contributed by atoms with Crippen molar-refractivity contribution in [3.63, 3.8) is 0 Å². The van der Waals surface area contributed by atoms with Crippen LogP contribution < -0.4 is 4.90 Å². The van der Waals surface area contributed by atoms with Crippen molar-refractivity contribution >= 4 is 22.6 Å². The molecule has 1 atom stereocenters. The van der Waals surface area contributed by atoms with E-state index in [1.165, 1.54) is 36.5 Å². The Bertz CT molecular complexity index is 929. The maximum absolute atomic E-state index is 13.4. The van der Waals surface area contributed by atoms with Crippen molar-refractivity contribution < 1.29 is 4.79 Å². The van der Waals surface area contributed by atoms with E-state index in [2.05, 4.69) is 25.8 Å². The number of imidazole rings is 1. The number of rotatable bonds is 3. The molecule has 3 fully saturated rings. The number of aryl methyl sites for hydroxylation is 1. The summed E-state index contributed by atoms with van der Waals surface area (Å²) in [4.78, 5) is 27.5. The van der Waals surface area contributed by atoms with E-state index in [0.29, 0.717) is 11.8 Å². The first-order valence-electron chi connectivity index (χ1n) is 10.6. The zero-order valence-electron chi connectivity index (χ0n) is 16.3. The molecule has 4 aliphatic rings. The first-order valence-corrected chi connectivity index (χ1v) is 11.3. The quantitative estimate of drug-likeness (QED) is 0.794. The molecule has 1 unspecified atom stereocenters. The van der Waals surface area contributed by atoms with Gasteiger partial charge in [-0.2, -0.15) is 4.37 Å². The number of amides is 1. The maximum atomic E-state index is 13.4. The van der Waals surface area contributed by atoms with Gasteiger partial charge in [0.1, 0.15) is 11.4 Å². The molecule has 28 heavy (non-hydrogen) atoms. The molecule has 4 heterocycles. The second kappa shape index (κ2) is 6.02. The predicted molar refractivity (Wildman–Crippen MR) is 106 cm³/mol. The average molecular weight is 399 g/mol. The molecule has 1 saturated heterocycles. The molecule has 0 radical (unpaired) electrons. The first kappa shape index (κ1) is 16.9. The summed E-state index contributed by atoms with van der Waals surface area (Å²) in [7, 11) is 2.07. The highest BCUT2D eigenvalue weighted by Gasteiger charge is 2.53. The summed E-state index contributed by atoms with van der Waals surface area (Å²) in [6, 6.07) is 0. The lowest BCUT2D eigenvalue weighted by molar-refractivity contribution is -0.145. The van der Waals surface area contributed by atoms with Crippen LogP contribution in [0.3, 0.4) is 0 Å². The molecular weight excluding hydrogens is 372 g/mol. The molecule has 8 heteroatoms. The Morgan fingerprint density at radius 1 is 1.25 bits per heavy atom. The number of fused-ring (bicyclic) bond motifs is 2. The number of anilines is 1. The largest absolute Gasteiger partial charge is 0.344 e. The van der Waals surface area contributed by atoms with Crippen molar-refractivity contribution in [2.45, 2.75) is 56.4 Å². The van der Waals surface area contributed by atoms with Crippen LogP contribution in [0.15, 0.2) is 6.33 Å². The van der Waals surface area contributed by atoms with Crippen molar-refractivity contribution in [1.29, 1.82) is 0 Å². The van der Waals surface area contributed by atoms with E-state index in [1.54, 1.807) is 0 Å². The van der Waals surface area contributed by atoms with Gasteiger partial charge in [-0.25, -0.2) is 9.97 Å². The molecule has 148 valence electrons. The minimum Gasteiger partial charge on any atom is -0.344 e. The van der Waals surface area contributed by atoms with Crippen LogP contribution in [0.4, 0.5) is 5.13 Å². The van der Waals surface area contributed by atoms with Gasteiger partial charge in [-0.3, -0.25) is 4.79 Å². The summed E-state index contributed by atoms with van der Waals surface area (Å²) < 4.78 is 6.74. The second-order valence-electron chi connectivity index (χ2n) is 8.93. The van der Waals surface area contributed by atoms with Crippen LogP contribution in [0.25, 0.3) is 0 Å². The fourth-order valence-electron chi connectivity index (χ4n) is 5.13. The zero-order chi connectivity index (χ0) is 18.9. The monoisotopic (exact) mass is 398 g/mol. The van der Waals surface area contributed by atoms with Crippen LogP contribution in [0.2, 0.25) is 0 Å². The van der Waals surface area contributed by atoms with E-state index < -0.39 is 0 Å². The van der Waals surface area contributed by atoms with Crippen molar-refractivity contribution in [2.75, 3.05) is 24.5 Å². The van der Waals surface area contributed by atoms with Crippen molar-refractivity contribution in [3.8, 4) is 0 Å². The van der Waals surface area contributed by atoms with E-state index >= 15 is 0 Å². The van der Waals surface area contributed by atoms with Gasteiger partial charge in [0.25, 0.3) is 0 Å². The number of nitrogens with zero attached hydrogens (tertiary/aromatic N) is 6. The van der Waals surface area contributed by atoms with E-state index in [4.69, 9.17) is 9.97 Å². The summed E-state index contributed by atoms with van der Waals surface area (Å²) >= 11 is 1.52. The SMILES string of the molecule is Cn1cnc2c1CCN(C(=O)C1CCC1)C21CCN(c2nc(C3CC3)ns2)C1. The summed E-state index contributed by atoms with van der Waals surface area (Å²) in [5, 5.41) is 1.01. The Kier molecular flexibility index (Phi) is 3.64. The van der Waals surface area contributed by atoms with Gasteiger partial charge in [0.15, 0.2) is 0 Å². The third-order valence-corrected chi connectivity index (χ3v) is 7.99. The molecule has 0 N–H and O–H groups in total. The third kappa shape index (κ3) is 2.39. The molecule has 1 spiro atoms. The van der Waals surface area contributed by atoms with Crippen LogP contribution in [0.1, 0.15) is 61.7 Å². The molecule has 0 aromatic carbocycles. The van der Waals surface area contributed by atoms with Crippen LogP contribution in [0, 0.1) is 5.92 Å². The molecule has 2 saturated carbocycles. The van der Waals surface area contributed by atoms with E-state index in [9.17, 15) is 4.79 Å². The Morgan fingerprint density at radius 3 is 2.86 bits per heavy atom. The molecule has 2 aliphatic carbocycles. The number of carbonyl (C=O) groups excluding carboxylic acids is 1. The first-order chi connectivity index (χ1) is 13.7. The normalized spacial score (nSPS) is 27.3. The lowest BCUT2D eigenvalue weighted by Crippen LogP contribution is -2.57. The van der Waals surface area contributed by atoms with Gasteiger partial charge in [0, 0.05) is 62.2 Å². The van der Waals surface area contributed by atoms with Crippen LogP contribution in [0.5, 0.6) is 0 Å². The van der Waals surface area contributed by atoms with Gasteiger partial charge in [0.2, 0.25) is 11.0 Å². The molecule has 2 aromatic rings. The predicted octanol–water partition coefficient (Wildman–Crippen LogP) is 2.44. The highest BCUT2D eigenvalue weighted by molar-refractivity contribution is 7.09. The minimum absolute atomic E-state index is 0.221. The highest BCUT2D eigenvalue weighted by Crippen LogP contribution is 2.46. The third-order valence-electron chi connectivity index (χ3n) is 7.20. The lowest BCUT2D eigenvalue weighted by Gasteiger charge is -2.46. The summed E-state index contributed by atoms with van der Waals surface area (Å²) in [6.45, 7) is 2.50. The molecule has 2 aromatic heterocycles. The van der Waals surface area contributed by atoms with Gasteiger partial charge in [-0.05, 0) is 32.1 Å². The smallest absolute Gasteiger partial charge is 0.226 e. The van der Waals surface area contributed by atoms with Crippen molar-refractivity contribution in [2.24, 2.45) is 13.0 Å². The molecule has 6 rings (SSSR count). The van der Waals surface area contributed by atoms with E-state index in [-0.39, 0.29) is 11.5 Å². The Balaban J connectivity index is 1.35.